The lowest BCUT2D eigenvalue weighted by molar-refractivity contribution is -0.0931. The minimum absolute atomic E-state index is 0.0445. The van der Waals surface area contributed by atoms with Crippen LogP contribution in [-0.4, -0.2) is 82.5 Å². The van der Waals surface area contributed by atoms with Gasteiger partial charge in [-0.15, -0.1) is 0 Å². The van der Waals surface area contributed by atoms with Gasteiger partial charge >= 0.3 is 0 Å². The number of ether oxygens (including phenoxy) is 4. The summed E-state index contributed by atoms with van der Waals surface area (Å²) in [5, 5.41) is 11.3. The summed E-state index contributed by atoms with van der Waals surface area (Å²) in [6, 6.07) is 25.4. The molecule has 0 bridgehead atoms. The van der Waals surface area contributed by atoms with E-state index >= 15 is 0 Å². The Bertz CT molecular complexity index is 1860. The molecule has 0 amide bonds. The molecular formula is C35H38N6O6. The molecule has 0 aliphatic carbocycles. The van der Waals surface area contributed by atoms with Crippen molar-refractivity contribution < 1.29 is 24.1 Å². The number of hydrogen-bond donors (Lipinski definition) is 2. The van der Waals surface area contributed by atoms with E-state index in [-0.39, 0.29) is 24.5 Å². The second-order valence-electron chi connectivity index (χ2n) is 11.5. The summed E-state index contributed by atoms with van der Waals surface area (Å²) in [7, 11) is 6.96. The molecule has 0 radical (unpaired) electrons. The van der Waals surface area contributed by atoms with E-state index in [1.54, 1.807) is 18.8 Å². The Morgan fingerprint density at radius 1 is 1.00 bits per heavy atom. The highest BCUT2D eigenvalue weighted by molar-refractivity contribution is 5.81. The minimum Gasteiger partial charge on any atom is -0.497 e. The van der Waals surface area contributed by atoms with Crippen LogP contribution in [0.4, 0.5) is 5.95 Å². The molecule has 12 nitrogen and oxygen atoms in total. The predicted octanol–water partition coefficient (Wildman–Crippen LogP) is 4.41. The number of aromatic nitrogens is 4. The van der Waals surface area contributed by atoms with Crippen molar-refractivity contribution in [3.63, 3.8) is 0 Å². The van der Waals surface area contributed by atoms with Gasteiger partial charge in [0.1, 0.15) is 35.3 Å². The van der Waals surface area contributed by atoms with E-state index < -0.39 is 29.6 Å². The van der Waals surface area contributed by atoms with Crippen LogP contribution >= 0.6 is 0 Å². The minimum atomic E-state index is -1.07. The number of benzene rings is 3. The first kappa shape index (κ1) is 31.9. The Balaban J connectivity index is 1.35. The van der Waals surface area contributed by atoms with Crippen LogP contribution in [0.1, 0.15) is 36.3 Å². The molecule has 0 saturated carbocycles. The first-order chi connectivity index (χ1) is 22.7. The summed E-state index contributed by atoms with van der Waals surface area (Å²) in [5.41, 5.74) is 1.61. The summed E-state index contributed by atoms with van der Waals surface area (Å²) in [4.78, 5) is 30.6. The summed E-state index contributed by atoms with van der Waals surface area (Å²) in [6.45, 7) is 1.86. The van der Waals surface area contributed by atoms with Crippen LogP contribution in [0.25, 0.3) is 11.2 Å². The molecule has 244 valence electrons. The van der Waals surface area contributed by atoms with Crippen molar-refractivity contribution in [1.82, 2.24) is 24.4 Å². The Labute approximate surface area is 272 Å². The number of H-pyrrole nitrogens is 1. The molecule has 0 unspecified atom stereocenters. The lowest BCUT2D eigenvalue weighted by Gasteiger charge is -2.37. The van der Waals surface area contributed by atoms with Crippen molar-refractivity contribution in [1.29, 1.82) is 0 Å². The number of fused-ring (bicyclic) bond motifs is 1. The van der Waals surface area contributed by atoms with Gasteiger partial charge in [-0.05, 0) is 47.9 Å². The average molecular weight is 639 g/mol. The highest BCUT2D eigenvalue weighted by atomic mass is 16.6. The van der Waals surface area contributed by atoms with E-state index in [0.29, 0.717) is 23.0 Å². The molecule has 5 aromatic rings. The van der Waals surface area contributed by atoms with Crippen LogP contribution < -0.4 is 15.0 Å². The molecule has 1 aliphatic heterocycles. The number of aliphatic hydroxyl groups is 1. The largest absolute Gasteiger partial charge is 0.497 e. The molecule has 12 heteroatoms. The molecule has 3 atom stereocenters. The van der Waals surface area contributed by atoms with Gasteiger partial charge in [0, 0.05) is 20.5 Å². The van der Waals surface area contributed by atoms with Gasteiger partial charge in [-0.1, -0.05) is 54.6 Å². The molecule has 1 aliphatic rings. The van der Waals surface area contributed by atoms with Crippen molar-refractivity contribution >= 4 is 22.9 Å². The first-order valence-corrected chi connectivity index (χ1v) is 15.2. The third kappa shape index (κ3) is 6.22. The number of imidazole rings is 1. The number of rotatable bonds is 10. The van der Waals surface area contributed by atoms with E-state index in [9.17, 15) is 9.90 Å². The number of aromatic amines is 1. The van der Waals surface area contributed by atoms with Crippen LogP contribution in [0.15, 0.2) is 95.0 Å². The number of nitrogens with zero attached hydrogens (tertiary/aromatic N) is 5. The number of methoxy groups -OCH3 is 2. The zero-order valence-corrected chi connectivity index (χ0v) is 27.0. The lowest BCUT2D eigenvalue weighted by atomic mass is 9.80. The van der Waals surface area contributed by atoms with E-state index in [1.807, 2.05) is 105 Å². The Kier molecular flexibility index (Phi) is 9.08. The van der Waals surface area contributed by atoms with E-state index in [2.05, 4.69) is 19.9 Å². The third-order valence-electron chi connectivity index (χ3n) is 8.49. The fourth-order valence-corrected chi connectivity index (χ4v) is 5.75. The molecule has 1 saturated heterocycles. The van der Waals surface area contributed by atoms with Crippen molar-refractivity contribution in [2.24, 2.45) is 4.99 Å². The fourth-order valence-electron chi connectivity index (χ4n) is 5.75. The van der Waals surface area contributed by atoms with Gasteiger partial charge in [0.15, 0.2) is 11.2 Å². The van der Waals surface area contributed by atoms with Crippen LogP contribution in [0, 0.1) is 0 Å². The van der Waals surface area contributed by atoms with Crippen molar-refractivity contribution in [2.75, 3.05) is 34.9 Å². The number of aliphatic imine (C=N–C) groups is 1. The Morgan fingerprint density at radius 2 is 1.60 bits per heavy atom. The van der Waals surface area contributed by atoms with Crippen LogP contribution in [0.3, 0.4) is 0 Å². The van der Waals surface area contributed by atoms with Crippen LogP contribution in [0.5, 0.6) is 11.5 Å². The van der Waals surface area contributed by atoms with Gasteiger partial charge in [-0.2, -0.15) is 4.98 Å². The van der Waals surface area contributed by atoms with Gasteiger partial charge in [-0.25, -0.2) is 9.98 Å². The van der Waals surface area contributed by atoms with Gasteiger partial charge < -0.3 is 29.0 Å². The molecule has 47 heavy (non-hydrogen) atoms. The lowest BCUT2D eigenvalue weighted by Crippen LogP contribution is -2.38. The predicted molar refractivity (Wildman–Crippen MR) is 177 cm³/mol. The summed E-state index contributed by atoms with van der Waals surface area (Å²) < 4.78 is 25.9. The quantitative estimate of drug-likeness (QED) is 0.130. The molecule has 3 heterocycles. The zero-order valence-electron chi connectivity index (χ0n) is 27.0. The molecule has 0 spiro atoms. The Hall–Kier alpha value is -5.04. The number of hydrogen-bond acceptors (Lipinski definition) is 9. The van der Waals surface area contributed by atoms with Gasteiger partial charge in [0.25, 0.3) is 5.56 Å². The number of aliphatic hydroxyl groups excluding tert-OH is 1. The molecule has 6 rings (SSSR count). The standard InChI is InChI=1S/C35H38N6O6/c1-22(40(2)3)37-34-38-32-31(33(43)39-34)36-21-41(32)30-19-28(42)29(47-30)20-46-35(23-9-7-6-8-10-23,24-11-15-26(44-4)16-12-24)25-13-17-27(45-5)18-14-25/h6-18,21,28-30,42H,19-20H2,1-5H3,(H,38,39,43)/t28-,29-,30-/m1/s1. The maximum absolute atomic E-state index is 12.8. The summed E-state index contributed by atoms with van der Waals surface area (Å²) in [5.74, 6) is 2.25. The molecular weight excluding hydrogens is 600 g/mol. The molecule has 1 fully saturated rings. The number of amidine groups is 1. The van der Waals surface area contributed by atoms with E-state index in [4.69, 9.17) is 18.9 Å². The van der Waals surface area contributed by atoms with E-state index in [1.165, 1.54) is 6.33 Å². The van der Waals surface area contributed by atoms with E-state index in [0.717, 1.165) is 16.7 Å². The molecule has 2 aromatic heterocycles. The SMILES string of the molecule is COc1ccc(C(OC[C@H]2O[C@@H](n3cnc4c(=O)[nH]c(N=C(C)N(C)C)nc43)C[C@H]2O)(c2ccccc2)c2ccc(OC)cc2)cc1. The number of nitrogens with one attached hydrogen (secondary N) is 1. The normalized spacial score (nSPS) is 18.4. The average Bonchev–Trinajstić information content (AvgIpc) is 3.69. The molecule has 2 N–H and O–H groups in total. The maximum Gasteiger partial charge on any atom is 0.280 e. The maximum atomic E-state index is 12.8. The third-order valence-corrected chi connectivity index (χ3v) is 8.49. The second-order valence-corrected chi connectivity index (χ2v) is 11.5. The van der Waals surface area contributed by atoms with Crippen molar-refractivity contribution in [3.05, 3.63) is 112 Å². The fraction of sp³-hybridized carbons (Fsp3) is 0.314. The van der Waals surface area contributed by atoms with Crippen molar-refractivity contribution in [2.45, 2.75) is 37.4 Å². The monoisotopic (exact) mass is 638 g/mol. The second kappa shape index (κ2) is 13.4. The summed E-state index contributed by atoms with van der Waals surface area (Å²) >= 11 is 0. The topological polar surface area (TPSA) is 136 Å². The van der Waals surface area contributed by atoms with Gasteiger partial charge in [0.2, 0.25) is 5.95 Å². The zero-order chi connectivity index (χ0) is 33.1. The Morgan fingerprint density at radius 3 is 2.17 bits per heavy atom. The van der Waals surface area contributed by atoms with Gasteiger partial charge in [-0.3, -0.25) is 14.3 Å². The first-order valence-electron chi connectivity index (χ1n) is 15.2. The molecule has 3 aromatic carbocycles. The smallest absolute Gasteiger partial charge is 0.280 e. The summed E-state index contributed by atoms with van der Waals surface area (Å²) in [6.07, 6.45) is -0.464. The highest BCUT2D eigenvalue weighted by Crippen LogP contribution is 2.43. The van der Waals surface area contributed by atoms with Gasteiger partial charge in [0.05, 0.1) is 33.3 Å². The van der Waals surface area contributed by atoms with Crippen molar-refractivity contribution in [3.8, 4) is 11.5 Å². The highest BCUT2D eigenvalue weighted by Gasteiger charge is 2.42. The van der Waals surface area contributed by atoms with Crippen LogP contribution in [0.2, 0.25) is 0 Å². The van der Waals surface area contributed by atoms with Crippen LogP contribution in [-0.2, 0) is 15.1 Å².